The summed E-state index contributed by atoms with van der Waals surface area (Å²) in [5, 5.41) is 14.4. The van der Waals surface area contributed by atoms with E-state index in [0.717, 1.165) is 23.3 Å². The summed E-state index contributed by atoms with van der Waals surface area (Å²) in [6.45, 7) is 0.420. The molecule has 1 saturated heterocycles. The van der Waals surface area contributed by atoms with Crippen molar-refractivity contribution in [1.29, 1.82) is 0 Å². The first-order chi connectivity index (χ1) is 17.8. The smallest absolute Gasteiger partial charge is 0.406 e. The number of rotatable bonds is 6. The molecule has 2 atom stereocenters. The number of hydrogen-bond acceptors (Lipinski definition) is 8. The Morgan fingerprint density at radius 2 is 1.87 bits per heavy atom. The van der Waals surface area contributed by atoms with Crippen molar-refractivity contribution in [2.45, 2.75) is 38.0 Å². The molecular formula is C23H20F6N4O4S. The zero-order chi connectivity index (χ0) is 27.8. The number of aromatic nitrogens is 1. The zero-order valence-corrected chi connectivity index (χ0v) is 20.4. The molecule has 8 nitrogen and oxygen atoms in total. The molecule has 0 aliphatic carbocycles. The number of nitrogens with one attached hydrogen (secondary N) is 1. The van der Waals surface area contributed by atoms with E-state index >= 15 is 0 Å². The molecule has 1 aromatic heterocycles. The average molecular weight is 562 g/mol. The highest BCUT2D eigenvalue weighted by Crippen LogP contribution is 2.39. The lowest BCUT2D eigenvalue weighted by Crippen LogP contribution is -2.53. The van der Waals surface area contributed by atoms with Crippen LogP contribution in [0.3, 0.4) is 0 Å². The highest BCUT2D eigenvalue weighted by Gasteiger charge is 2.36. The number of ether oxygens (including phenoxy) is 1. The SMILES string of the molecule is CNC1C(Cc2ccc(OC(F)(F)F)cc2)CCCN1c1nc(=O)c2cc(C(F)(F)F)cc([N+](=O)[O-])c2s1. The van der Waals surface area contributed by atoms with Gasteiger partial charge >= 0.3 is 12.5 Å². The van der Waals surface area contributed by atoms with Gasteiger partial charge in [0, 0.05) is 12.6 Å². The molecule has 204 valence electrons. The minimum atomic E-state index is -4.89. The maximum Gasteiger partial charge on any atom is 0.573 e. The monoisotopic (exact) mass is 562 g/mol. The van der Waals surface area contributed by atoms with E-state index in [2.05, 4.69) is 15.0 Å². The number of nitro benzene ring substituents is 1. The summed E-state index contributed by atoms with van der Waals surface area (Å²) < 4.78 is 80.8. The largest absolute Gasteiger partial charge is 0.573 e. The number of non-ortho nitro benzene ring substituents is 1. The number of hydrogen-bond donors (Lipinski definition) is 1. The van der Waals surface area contributed by atoms with E-state index < -0.39 is 45.8 Å². The second kappa shape index (κ2) is 10.4. The summed E-state index contributed by atoms with van der Waals surface area (Å²) in [5.74, 6) is -0.442. The van der Waals surface area contributed by atoms with Gasteiger partial charge in [-0.15, -0.1) is 13.2 Å². The summed E-state index contributed by atoms with van der Waals surface area (Å²) in [4.78, 5) is 29.1. The number of alkyl halides is 6. The van der Waals surface area contributed by atoms with E-state index in [4.69, 9.17) is 0 Å². The van der Waals surface area contributed by atoms with E-state index in [-0.39, 0.29) is 21.5 Å². The number of fused-ring (bicyclic) bond motifs is 1. The van der Waals surface area contributed by atoms with Gasteiger partial charge in [0.2, 0.25) is 0 Å². The number of nitro groups is 1. The minimum absolute atomic E-state index is 0.0921. The first-order valence-electron chi connectivity index (χ1n) is 11.3. The Labute approximate surface area is 215 Å². The molecule has 2 aromatic carbocycles. The lowest BCUT2D eigenvalue weighted by molar-refractivity contribution is -0.383. The van der Waals surface area contributed by atoms with E-state index in [9.17, 15) is 41.3 Å². The van der Waals surface area contributed by atoms with Gasteiger partial charge in [0.1, 0.15) is 10.4 Å². The predicted molar refractivity (Wildman–Crippen MR) is 127 cm³/mol. The molecule has 0 bridgehead atoms. The minimum Gasteiger partial charge on any atom is -0.406 e. The highest BCUT2D eigenvalue weighted by atomic mass is 32.1. The summed E-state index contributed by atoms with van der Waals surface area (Å²) >= 11 is 0.759. The van der Waals surface area contributed by atoms with Crippen molar-refractivity contribution in [3.8, 4) is 5.75 Å². The van der Waals surface area contributed by atoms with Crippen molar-refractivity contribution in [3.05, 3.63) is 68.0 Å². The molecule has 1 N–H and O–H groups in total. The first-order valence-corrected chi connectivity index (χ1v) is 12.1. The third-order valence-electron chi connectivity index (χ3n) is 6.17. The highest BCUT2D eigenvalue weighted by molar-refractivity contribution is 7.22. The fourth-order valence-electron chi connectivity index (χ4n) is 4.59. The van der Waals surface area contributed by atoms with Crippen LogP contribution in [-0.2, 0) is 12.6 Å². The predicted octanol–water partition coefficient (Wildman–Crippen LogP) is 5.49. The Kier molecular flexibility index (Phi) is 7.52. The number of benzene rings is 2. The summed E-state index contributed by atoms with van der Waals surface area (Å²) in [7, 11) is 1.66. The van der Waals surface area contributed by atoms with Crippen molar-refractivity contribution in [2.75, 3.05) is 18.5 Å². The molecule has 2 heterocycles. The second-order valence-corrected chi connectivity index (χ2v) is 9.63. The van der Waals surface area contributed by atoms with Gasteiger partial charge in [0.05, 0.1) is 22.0 Å². The van der Waals surface area contributed by atoms with Gasteiger partial charge < -0.3 is 15.0 Å². The second-order valence-electron chi connectivity index (χ2n) is 8.65. The Morgan fingerprint density at radius 1 is 1.18 bits per heavy atom. The van der Waals surface area contributed by atoms with Gasteiger partial charge in [0.15, 0.2) is 5.13 Å². The molecule has 1 fully saturated rings. The van der Waals surface area contributed by atoms with Crippen LogP contribution < -0.4 is 20.5 Å². The van der Waals surface area contributed by atoms with Crippen LogP contribution in [0, 0.1) is 16.0 Å². The van der Waals surface area contributed by atoms with Gasteiger partial charge in [-0.25, -0.2) is 0 Å². The molecule has 4 rings (SSSR count). The Balaban J connectivity index is 1.66. The molecule has 0 saturated carbocycles. The molecule has 3 aromatic rings. The molecule has 0 spiro atoms. The third kappa shape index (κ3) is 5.99. The van der Waals surface area contributed by atoms with Gasteiger partial charge in [-0.2, -0.15) is 18.2 Å². The van der Waals surface area contributed by atoms with Crippen LogP contribution in [0.15, 0.2) is 41.2 Å². The van der Waals surface area contributed by atoms with E-state index in [1.54, 1.807) is 11.9 Å². The normalized spacial score (nSPS) is 18.6. The molecule has 0 radical (unpaired) electrons. The summed E-state index contributed by atoms with van der Waals surface area (Å²) in [5.41, 5.74) is -2.42. The van der Waals surface area contributed by atoms with Gasteiger partial charge in [-0.3, -0.25) is 14.9 Å². The van der Waals surface area contributed by atoms with Crippen LogP contribution in [0.2, 0.25) is 0 Å². The van der Waals surface area contributed by atoms with Crippen molar-refractivity contribution in [3.63, 3.8) is 0 Å². The quantitative estimate of drug-likeness (QED) is 0.241. The first kappa shape index (κ1) is 27.6. The summed E-state index contributed by atoms with van der Waals surface area (Å²) in [6.07, 6.45) is -8.28. The maximum absolute atomic E-state index is 13.3. The van der Waals surface area contributed by atoms with Crippen LogP contribution in [0.25, 0.3) is 10.1 Å². The zero-order valence-electron chi connectivity index (χ0n) is 19.6. The number of anilines is 1. The van der Waals surface area contributed by atoms with Crippen molar-refractivity contribution in [2.24, 2.45) is 5.92 Å². The Hall–Kier alpha value is -3.46. The maximum atomic E-state index is 13.3. The molecule has 2 unspecified atom stereocenters. The topological polar surface area (TPSA) is 97.6 Å². The lowest BCUT2D eigenvalue weighted by Gasteiger charge is -2.41. The van der Waals surface area contributed by atoms with Crippen molar-refractivity contribution < 1.29 is 36.0 Å². The van der Waals surface area contributed by atoms with Gasteiger partial charge in [0.25, 0.3) is 11.2 Å². The Morgan fingerprint density at radius 3 is 2.45 bits per heavy atom. The number of nitrogens with zero attached hydrogens (tertiary/aromatic N) is 3. The molecule has 38 heavy (non-hydrogen) atoms. The summed E-state index contributed by atoms with van der Waals surface area (Å²) in [6, 6.07) is 6.43. The molecule has 0 amide bonds. The van der Waals surface area contributed by atoms with Crippen molar-refractivity contribution >= 4 is 32.2 Å². The number of piperidine rings is 1. The molecular weight excluding hydrogens is 542 g/mol. The Bertz CT molecular complexity index is 1390. The van der Waals surface area contributed by atoms with Gasteiger partial charge in [-0.05, 0) is 56.0 Å². The lowest BCUT2D eigenvalue weighted by atomic mass is 9.88. The molecule has 15 heteroatoms. The van der Waals surface area contributed by atoms with E-state index in [1.807, 2.05) is 0 Å². The molecule has 1 aliphatic rings. The molecule has 1 aliphatic heterocycles. The fraction of sp³-hybridized carbons (Fsp3) is 0.391. The van der Waals surface area contributed by atoms with Crippen LogP contribution in [0.4, 0.5) is 37.2 Å². The van der Waals surface area contributed by atoms with E-state index in [1.165, 1.54) is 24.3 Å². The number of halogens is 6. The van der Waals surface area contributed by atoms with Crippen molar-refractivity contribution in [1.82, 2.24) is 10.3 Å². The van der Waals surface area contributed by atoms with Gasteiger partial charge in [-0.1, -0.05) is 23.5 Å². The third-order valence-corrected chi connectivity index (χ3v) is 7.31. The fourth-order valence-corrected chi connectivity index (χ4v) is 5.72. The van der Waals surface area contributed by atoms with Crippen LogP contribution >= 0.6 is 11.3 Å². The van der Waals surface area contributed by atoms with Crippen LogP contribution in [-0.4, -0.2) is 36.0 Å². The standard InChI is InChI=1S/C23H20F6N4O4S/c1-30-19-13(9-12-4-6-15(7-5-12)37-23(27,28)29)3-2-8-32(19)21-31-20(34)16-10-14(22(24,25)26)11-17(33(35)36)18(16)38-21/h4-7,10-11,13,19,30H,2-3,8-9H2,1H3. The van der Waals surface area contributed by atoms with E-state index in [0.29, 0.717) is 31.5 Å². The average Bonchev–Trinajstić information content (AvgIpc) is 2.83. The van der Waals surface area contributed by atoms with Crippen LogP contribution in [0.1, 0.15) is 24.0 Å². The van der Waals surface area contributed by atoms with Crippen LogP contribution in [0.5, 0.6) is 5.75 Å².